The maximum Gasteiger partial charge on any atom is 0.269 e. The summed E-state index contributed by atoms with van der Waals surface area (Å²) in [6.45, 7) is 9.86. The summed E-state index contributed by atoms with van der Waals surface area (Å²) in [5, 5.41) is 8.51. The average molecular weight is 495 g/mol. The molecule has 0 aliphatic heterocycles. The first-order valence-corrected chi connectivity index (χ1v) is 13.5. The second kappa shape index (κ2) is 12.4. The molecule has 35 heavy (non-hydrogen) atoms. The Morgan fingerprint density at radius 2 is 1.49 bits per heavy atom. The summed E-state index contributed by atoms with van der Waals surface area (Å²) in [6.07, 6.45) is 4.28. The molecule has 0 bridgehead atoms. The van der Waals surface area contributed by atoms with Crippen molar-refractivity contribution in [1.29, 1.82) is 0 Å². The highest BCUT2D eigenvalue weighted by molar-refractivity contribution is 7.92. The van der Waals surface area contributed by atoms with E-state index in [2.05, 4.69) is 43.7 Å². The lowest BCUT2D eigenvalue weighted by molar-refractivity contribution is 0.601. The van der Waals surface area contributed by atoms with Crippen molar-refractivity contribution in [2.75, 3.05) is 22.7 Å². The lowest BCUT2D eigenvalue weighted by Crippen LogP contribution is -2.25. The minimum atomic E-state index is -3.81. The smallest absolute Gasteiger partial charge is 0.269 e. The van der Waals surface area contributed by atoms with Crippen LogP contribution in [0.1, 0.15) is 50.9 Å². The molecular formula is C26H34N6O2S. The molecule has 0 radical (unpaired) electrons. The van der Waals surface area contributed by atoms with Crippen LogP contribution in [-0.2, 0) is 10.0 Å². The third-order valence-electron chi connectivity index (χ3n) is 5.42. The first-order valence-electron chi connectivity index (χ1n) is 12.0. The monoisotopic (exact) mass is 494 g/mol. The summed E-state index contributed by atoms with van der Waals surface area (Å²) in [5.74, 6) is 0.232. The zero-order chi connectivity index (χ0) is 25.3. The van der Waals surface area contributed by atoms with Crippen molar-refractivity contribution in [3.8, 4) is 0 Å². The average Bonchev–Trinajstić information content (AvgIpc) is 2.83. The Kier molecular flexibility index (Phi) is 9.31. The van der Waals surface area contributed by atoms with Gasteiger partial charge in [-0.3, -0.25) is 4.72 Å². The van der Waals surface area contributed by atoms with Gasteiger partial charge in [-0.1, -0.05) is 44.9 Å². The molecule has 0 aliphatic carbocycles. The Bertz CT molecular complexity index is 1220. The van der Waals surface area contributed by atoms with E-state index >= 15 is 0 Å². The summed E-state index contributed by atoms with van der Waals surface area (Å²) in [6, 6.07) is 15.7. The van der Waals surface area contributed by atoms with Gasteiger partial charge in [0.05, 0.1) is 10.6 Å². The van der Waals surface area contributed by atoms with E-state index in [1.165, 1.54) is 0 Å². The zero-order valence-electron chi connectivity index (χ0n) is 20.9. The van der Waals surface area contributed by atoms with Gasteiger partial charge in [0.1, 0.15) is 5.69 Å². The number of sulfonamides is 1. The SMILES string of the molecule is CCCCN(CCCC)c1ccc(N=Nc2nc(C)cc(C)n2)c(NS(=O)(=O)c2ccccc2)c1. The van der Waals surface area contributed by atoms with Crippen LogP contribution < -0.4 is 9.62 Å². The lowest BCUT2D eigenvalue weighted by atomic mass is 10.2. The number of hydrogen-bond donors (Lipinski definition) is 1. The van der Waals surface area contributed by atoms with Crippen LogP contribution in [0.15, 0.2) is 69.7 Å². The number of azo groups is 1. The molecule has 1 aromatic heterocycles. The summed E-state index contributed by atoms with van der Waals surface area (Å²) in [7, 11) is -3.81. The number of hydrogen-bond acceptors (Lipinski definition) is 7. The summed E-state index contributed by atoms with van der Waals surface area (Å²) in [4.78, 5) is 11.1. The number of aryl methyl sites for hydroxylation is 2. The van der Waals surface area contributed by atoms with Crippen molar-refractivity contribution >= 4 is 33.0 Å². The molecule has 0 atom stereocenters. The Morgan fingerprint density at radius 1 is 0.857 bits per heavy atom. The van der Waals surface area contributed by atoms with E-state index in [0.717, 1.165) is 55.8 Å². The molecule has 8 nitrogen and oxygen atoms in total. The largest absolute Gasteiger partial charge is 0.371 e. The molecule has 3 rings (SSSR count). The predicted molar refractivity (Wildman–Crippen MR) is 141 cm³/mol. The van der Waals surface area contributed by atoms with Crippen LogP contribution in [0.25, 0.3) is 0 Å². The molecule has 1 heterocycles. The van der Waals surface area contributed by atoms with Gasteiger partial charge >= 0.3 is 0 Å². The van der Waals surface area contributed by atoms with Crippen molar-refractivity contribution in [2.24, 2.45) is 10.2 Å². The molecule has 0 fully saturated rings. The van der Waals surface area contributed by atoms with E-state index in [1.807, 2.05) is 32.0 Å². The highest BCUT2D eigenvalue weighted by Gasteiger charge is 2.18. The van der Waals surface area contributed by atoms with Gasteiger partial charge in [-0.05, 0) is 63.1 Å². The first-order chi connectivity index (χ1) is 16.8. The summed E-state index contributed by atoms with van der Waals surface area (Å²) < 4.78 is 29.0. The van der Waals surface area contributed by atoms with Crippen LogP contribution in [0.3, 0.4) is 0 Å². The fourth-order valence-corrected chi connectivity index (χ4v) is 4.70. The number of nitrogens with zero attached hydrogens (tertiary/aromatic N) is 5. The second-order valence-electron chi connectivity index (χ2n) is 8.46. The Morgan fingerprint density at radius 3 is 2.09 bits per heavy atom. The maximum atomic E-state index is 13.1. The first kappa shape index (κ1) is 26.3. The van der Waals surface area contributed by atoms with Crippen LogP contribution in [0, 0.1) is 13.8 Å². The lowest BCUT2D eigenvalue weighted by Gasteiger charge is -2.25. The molecule has 1 N–H and O–H groups in total. The quantitative estimate of drug-likeness (QED) is 0.282. The van der Waals surface area contributed by atoms with Gasteiger partial charge in [0, 0.05) is 30.2 Å². The van der Waals surface area contributed by atoms with E-state index < -0.39 is 10.0 Å². The van der Waals surface area contributed by atoms with Gasteiger partial charge in [-0.25, -0.2) is 18.4 Å². The Hall–Kier alpha value is -3.33. The van der Waals surface area contributed by atoms with Crippen molar-refractivity contribution in [2.45, 2.75) is 58.3 Å². The predicted octanol–water partition coefficient (Wildman–Crippen LogP) is 6.72. The third-order valence-corrected chi connectivity index (χ3v) is 6.81. The minimum absolute atomic E-state index is 0.180. The van der Waals surface area contributed by atoms with Crippen LogP contribution in [-0.4, -0.2) is 31.5 Å². The molecular weight excluding hydrogens is 460 g/mol. The molecule has 2 aromatic carbocycles. The molecule has 0 unspecified atom stereocenters. The second-order valence-corrected chi connectivity index (χ2v) is 10.1. The van der Waals surface area contributed by atoms with Crippen LogP contribution in [0.5, 0.6) is 0 Å². The van der Waals surface area contributed by atoms with E-state index in [-0.39, 0.29) is 10.8 Å². The van der Waals surface area contributed by atoms with E-state index in [1.54, 1.807) is 36.4 Å². The Labute approximate surface area is 208 Å². The van der Waals surface area contributed by atoms with Gasteiger partial charge in [-0.2, -0.15) is 0 Å². The van der Waals surface area contributed by atoms with Gasteiger partial charge in [0.15, 0.2) is 0 Å². The normalized spacial score (nSPS) is 11.7. The van der Waals surface area contributed by atoms with Crippen molar-refractivity contribution in [3.63, 3.8) is 0 Å². The molecule has 0 saturated heterocycles. The molecule has 0 amide bonds. The van der Waals surface area contributed by atoms with E-state index in [0.29, 0.717) is 11.4 Å². The highest BCUT2D eigenvalue weighted by atomic mass is 32.2. The molecule has 0 aliphatic rings. The molecule has 0 spiro atoms. The fraction of sp³-hybridized carbons (Fsp3) is 0.385. The van der Waals surface area contributed by atoms with Gasteiger partial charge in [-0.15, -0.1) is 10.2 Å². The van der Waals surface area contributed by atoms with E-state index in [4.69, 9.17) is 0 Å². The molecule has 186 valence electrons. The minimum Gasteiger partial charge on any atom is -0.371 e. The fourth-order valence-electron chi connectivity index (χ4n) is 3.61. The summed E-state index contributed by atoms with van der Waals surface area (Å²) >= 11 is 0. The molecule has 3 aromatic rings. The summed E-state index contributed by atoms with van der Waals surface area (Å²) in [5.41, 5.74) is 3.27. The topological polar surface area (TPSA) is 99.9 Å². The standard InChI is InChI=1S/C26H34N6O2S/c1-5-7-16-32(17-8-6-2)22-14-15-24(29-30-26-27-20(3)18-21(4)28-26)25(19-22)31-35(33,34)23-12-10-9-11-13-23/h9-15,18-19,31H,5-8,16-17H2,1-4H3. The maximum absolute atomic E-state index is 13.1. The molecule has 0 saturated carbocycles. The molecule has 9 heteroatoms. The van der Waals surface area contributed by atoms with Gasteiger partial charge in [0.2, 0.25) is 0 Å². The number of aromatic nitrogens is 2. The van der Waals surface area contributed by atoms with Gasteiger partial charge < -0.3 is 4.90 Å². The number of rotatable bonds is 12. The van der Waals surface area contributed by atoms with Crippen LogP contribution >= 0.6 is 0 Å². The van der Waals surface area contributed by atoms with E-state index in [9.17, 15) is 8.42 Å². The van der Waals surface area contributed by atoms with Crippen LogP contribution in [0.2, 0.25) is 0 Å². The highest BCUT2D eigenvalue weighted by Crippen LogP contribution is 2.33. The Balaban J connectivity index is 2.02. The number of benzene rings is 2. The van der Waals surface area contributed by atoms with Crippen molar-refractivity contribution in [3.05, 3.63) is 66.0 Å². The number of anilines is 2. The third kappa shape index (κ3) is 7.58. The number of unbranched alkanes of at least 4 members (excludes halogenated alkanes) is 2. The van der Waals surface area contributed by atoms with Crippen molar-refractivity contribution < 1.29 is 8.42 Å². The number of nitrogens with one attached hydrogen (secondary N) is 1. The van der Waals surface area contributed by atoms with Crippen molar-refractivity contribution in [1.82, 2.24) is 9.97 Å². The van der Waals surface area contributed by atoms with Gasteiger partial charge in [0.25, 0.3) is 16.0 Å². The van der Waals surface area contributed by atoms with Crippen LogP contribution in [0.4, 0.5) is 23.0 Å². The zero-order valence-corrected chi connectivity index (χ0v) is 21.7.